The number of hydrogen-bond donors (Lipinski definition) is 2. The van der Waals surface area contributed by atoms with Crippen LogP contribution in [0, 0.1) is 11.7 Å². The van der Waals surface area contributed by atoms with Crippen molar-refractivity contribution in [3.8, 4) is 5.75 Å². The van der Waals surface area contributed by atoms with E-state index in [2.05, 4.69) is 19.2 Å². The van der Waals surface area contributed by atoms with Gasteiger partial charge in [-0.05, 0) is 49.1 Å². The van der Waals surface area contributed by atoms with Crippen LogP contribution in [-0.2, 0) is 11.2 Å². The van der Waals surface area contributed by atoms with E-state index in [1.165, 1.54) is 18.2 Å². The number of benzene rings is 1. The number of halogens is 1. The number of hydrogen-bond acceptors (Lipinski definition) is 3. The third-order valence-corrected chi connectivity index (χ3v) is 2.84. The average Bonchev–Trinajstić information content (AvgIpc) is 2.37. The molecule has 0 spiro atoms. The molecule has 0 heterocycles. The number of nitrogens with one attached hydrogen (secondary N) is 1. The van der Waals surface area contributed by atoms with E-state index in [9.17, 15) is 9.18 Å². The summed E-state index contributed by atoms with van der Waals surface area (Å²) in [4.78, 5) is 11.6. The Bertz CT molecular complexity index is 436. The van der Waals surface area contributed by atoms with Gasteiger partial charge in [0.05, 0.1) is 0 Å². The SMILES string of the molecule is CC(C)CCNC(=O)COc1ccc(F)cc1CCN. The predicted molar refractivity (Wildman–Crippen MR) is 77.1 cm³/mol. The van der Waals surface area contributed by atoms with Gasteiger partial charge in [-0.2, -0.15) is 0 Å². The number of rotatable bonds is 8. The molecule has 1 aromatic rings. The van der Waals surface area contributed by atoms with Crippen LogP contribution in [0.4, 0.5) is 4.39 Å². The fourth-order valence-electron chi connectivity index (χ4n) is 1.73. The Hall–Kier alpha value is -1.62. The Morgan fingerprint density at radius 3 is 2.85 bits per heavy atom. The molecule has 112 valence electrons. The summed E-state index contributed by atoms with van der Waals surface area (Å²) in [6.45, 7) is 5.17. The van der Waals surface area contributed by atoms with Gasteiger partial charge in [-0.1, -0.05) is 13.8 Å². The van der Waals surface area contributed by atoms with Crippen LogP contribution in [0.25, 0.3) is 0 Å². The maximum absolute atomic E-state index is 13.1. The molecule has 0 atom stereocenters. The molecule has 0 aliphatic heterocycles. The number of ether oxygens (including phenoxy) is 1. The van der Waals surface area contributed by atoms with Gasteiger partial charge in [-0.3, -0.25) is 4.79 Å². The van der Waals surface area contributed by atoms with Crippen molar-refractivity contribution in [3.05, 3.63) is 29.6 Å². The summed E-state index contributed by atoms with van der Waals surface area (Å²) in [5, 5.41) is 2.78. The van der Waals surface area contributed by atoms with Crippen LogP contribution in [0.3, 0.4) is 0 Å². The van der Waals surface area contributed by atoms with E-state index in [-0.39, 0.29) is 18.3 Å². The lowest BCUT2D eigenvalue weighted by molar-refractivity contribution is -0.123. The summed E-state index contributed by atoms with van der Waals surface area (Å²) in [6, 6.07) is 4.23. The van der Waals surface area contributed by atoms with Gasteiger partial charge in [-0.15, -0.1) is 0 Å². The lowest BCUT2D eigenvalue weighted by Crippen LogP contribution is -2.30. The molecule has 0 fully saturated rings. The van der Waals surface area contributed by atoms with Crippen LogP contribution in [-0.4, -0.2) is 25.6 Å². The molecule has 1 amide bonds. The molecule has 20 heavy (non-hydrogen) atoms. The molecule has 1 rings (SSSR count). The van der Waals surface area contributed by atoms with Gasteiger partial charge < -0.3 is 15.8 Å². The highest BCUT2D eigenvalue weighted by Crippen LogP contribution is 2.19. The monoisotopic (exact) mass is 282 g/mol. The molecule has 0 aliphatic carbocycles. The molecule has 3 N–H and O–H groups in total. The van der Waals surface area contributed by atoms with Crippen LogP contribution >= 0.6 is 0 Å². The fraction of sp³-hybridized carbons (Fsp3) is 0.533. The first kappa shape index (κ1) is 16.4. The zero-order valence-electron chi connectivity index (χ0n) is 12.1. The summed E-state index contributed by atoms with van der Waals surface area (Å²) in [5.74, 6) is 0.552. The van der Waals surface area contributed by atoms with E-state index in [4.69, 9.17) is 10.5 Å². The number of carbonyl (C=O) groups excluding carboxylic acids is 1. The van der Waals surface area contributed by atoms with E-state index >= 15 is 0 Å². The highest BCUT2D eigenvalue weighted by atomic mass is 19.1. The Kier molecular flexibility index (Phi) is 7.01. The summed E-state index contributed by atoms with van der Waals surface area (Å²) in [7, 11) is 0. The molecule has 0 aliphatic rings. The van der Waals surface area contributed by atoms with Gasteiger partial charge in [0.25, 0.3) is 5.91 Å². The molecular formula is C15H23FN2O2. The van der Waals surface area contributed by atoms with Crippen LogP contribution in [0.15, 0.2) is 18.2 Å². The molecule has 0 radical (unpaired) electrons. The van der Waals surface area contributed by atoms with Gasteiger partial charge in [0.1, 0.15) is 11.6 Å². The zero-order chi connectivity index (χ0) is 15.0. The Balaban J connectivity index is 2.46. The highest BCUT2D eigenvalue weighted by Gasteiger charge is 2.08. The Morgan fingerprint density at radius 1 is 1.45 bits per heavy atom. The maximum atomic E-state index is 13.1. The third kappa shape index (κ3) is 6.02. The molecule has 0 unspecified atom stereocenters. The second-order valence-corrected chi connectivity index (χ2v) is 5.11. The molecule has 0 saturated heterocycles. The quantitative estimate of drug-likeness (QED) is 0.765. The topological polar surface area (TPSA) is 64.3 Å². The van der Waals surface area contributed by atoms with Gasteiger partial charge in [0.2, 0.25) is 0 Å². The van der Waals surface area contributed by atoms with Crippen molar-refractivity contribution < 1.29 is 13.9 Å². The molecule has 0 bridgehead atoms. The summed E-state index contributed by atoms with van der Waals surface area (Å²) in [5.41, 5.74) is 6.16. The first-order valence-electron chi connectivity index (χ1n) is 6.91. The number of nitrogens with two attached hydrogens (primary N) is 1. The first-order chi connectivity index (χ1) is 9.52. The molecule has 1 aromatic carbocycles. The molecule has 5 heteroatoms. The summed E-state index contributed by atoms with van der Waals surface area (Å²) < 4.78 is 18.6. The molecular weight excluding hydrogens is 259 g/mol. The molecule has 4 nitrogen and oxygen atoms in total. The normalized spacial score (nSPS) is 10.7. The molecule has 0 aromatic heterocycles. The van der Waals surface area contributed by atoms with Crippen LogP contribution < -0.4 is 15.8 Å². The second-order valence-electron chi connectivity index (χ2n) is 5.11. The van der Waals surface area contributed by atoms with Crippen molar-refractivity contribution in [1.29, 1.82) is 0 Å². The van der Waals surface area contributed by atoms with Crippen molar-refractivity contribution in [2.24, 2.45) is 11.7 Å². The van der Waals surface area contributed by atoms with Crippen LogP contribution in [0.2, 0.25) is 0 Å². The van der Waals surface area contributed by atoms with Gasteiger partial charge >= 0.3 is 0 Å². The van der Waals surface area contributed by atoms with Crippen molar-refractivity contribution in [3.63, 3.8) is 0 Å². The maximum Gasteiger partial charge on any atom is 0.257 e. The zero-order valence-corrected chi connectivity index (χ0v) is 12.1. The Morgan fingerprint density at radius 2 is 2.20 bits per heavy atom. The van der Waals surface area contributed by atoms with E-state index in [1.54, 1.807) is 0 Å². The van der Waals surface area contributed by atoms with Crippen LogP contribution in [0.5, 0.6) is 5.75 Å². The van der Waals surface area contributed by atoms with E-state index in [1.807, 2.05) is 0 Å². The molecule has 0 saturated carbocycles. The minimum Gasteiger partial charge on any atom is -0.483 e. The lowest BCUT2D eigenvalue weighted by atomic mass is 10.1. The minimum absolute atomic E-state index is 0.0682. The van der Waals surface area contributed by atoms with Crippen LogP contribution in [0.1, 0.15) is 25.8 Å². The standard InChI is InChI=1S/C15H23FN2O2/c1-11(2)6-8-18-15(19)10-20-14-4-3-13(16)9-12(14)5-7-17/h3-4,9,11H,5-8,10,17H2,1-2H3,(H,18,19). The second kappa shape index (κ2) is 8.53. The van der Waals surface area contributed by atoms with E-state index in [0.717, 1.165) is 6.42 Å². The van der Waals surface area contributed by atoms with Crippen molar-refractivity contribution in [1.82, 2.24) is 5.32 Å². The predicted octanol–water partition coefficient (Wildman–Crippen LogP) is 1.87. The van der Waals surface area contributed by atoms with E-state index in [0.29, 0.717) is 36.7 Å². The van der Waals surface area contributed by atoms with Crippen molar-refractivity contribution in [2.45, 2.75) is 26.7 Å². The third-order valence-electron chi connectivity index (χ3n) is 2.84. The van der Waals surface area contributed by atoms with Crippen molar-refractivity contribution in [2.75, 3.05) is 19.7 Å². The highest BCUT2D eigenvalue weighted by molar-refractivity contribution is 5.77. The largest absolute Gasteiger partial charge is 0.483 e. The van der Waals surface area contributed by atoms with Crippen molar-refractivity contribution >= 4 is 5.91 Å². The van der Waals surface area contributed by atoms with Gasteiger partial charge in [-0.25, -0.2) is 4.39 Å². The summed E-state index contributed by atoms with van der Waals surface area (Å²) in [6.07, 6.45) is 1.45. The number of carbonyl (C=O) groups is 1. The summed E-state index contributed by atoms with van der Waals surface area (Å²) >= 11 is 0. The Labute approximate surface area is 119 Å². The smallest absolute Gasteiger partial charge is 0.257 e. The minimum atomic E-state index is -0.331. The lowest BCUT2D eigenvalue weighted by Gasteiger charge is -2.12. The first-order valence-corrected chi connectivity index (χ1v) is 6.91. The average molecular weight is 282 g/mol. The number of amides is 1. The van der Waals surface area contributed by atoms with Gasteiger partial charge in [0.15, 0.2) is 6.61 Å². The fourth-order valence-corrected chi connectivity index (χ4v) is 1.73. The van der Waals surface area contributed by atoms with Gasteiger partial charge in [0, 0.05) is 6.54 Å². The van der Waals surface area contributed by atoms with E-state index < -0.39 is 0 Å².